The first-order chi connectivity index (χ1) is 8.48. The molecule has 3 N–H and O–H groups in total. The highest BCUT2D eigenvalue weighted by atomic mass is 32.2. The Morgan fingerprint density at radius 3 is 2.72 bits per heavy atom. The van der Waals surface area contributed by atoms with Gasteiger partial charge < -0.3 is 10.5 Å². The number of aryl methyl sites for hydroxylation is 1. The second-order valence-corrected chi connectivity index (χ2v) is 5.96. The quantitative estimate of drug-likeness (QED) is 0.732. The summed E-state index contributed by atoms with van der Waals surface area (Å²) < 4.78 is 31.1. The van der Waals surface area contributed by atoms with Gasteiger partial charge >= 0.3 is 0 Å². The standard InChI is InChI=1S/C12H20N2O3S/c1-10-4-5-11(9-13)8-12(10)14-18(15,16)7-3-6-17-2/h4-5,8,14H,3,6-7,9,13H2,1-2H3. The van der Waals surface area contributed by atoms with Gasteiger partial charge in [-0.15, -0.1) is 0 Å². The normalized spacial score (nSPS) is 11.5. The Morgan fingerprint density at radius 2 is 2.11 bits per heavy atom. The third-order valence-electron chi connectivity index (χ3n) is 2.56. The molecule has 0 aliphatic rings. The van der Waals surface area contributed by atoms with E-state index in [0.29, 0.717) is 25.3 Å². The van der Waals surface area contributed by atoms with Crippen molar-refractivity contribution in [2.24, 2.45) is 5.73 Å². The minimum Gasteiger partial charge on any atom is -0.385 e. The average Bonchev–Trinajstić information content (AvgIpc) is 2.32. The van der Waals surface area contributed by atoms with Gasteiger partial charge in [-0.2, -0.15) is 0 Å². The van der Waals surface area contributed by atoms with Gasteiger partial charge in [-0.05, 0) is 30.5 Å². The minimum absolute atomic E-state index is 0.0487. The molecule has 0 amide bonds. The Bertz CT molecular complexity index is 486. The van der Waals surface area contributed by atoms with Crippen LogP contribution in [0, 0.1) is 6.92 Å². The lowest BCUT2D eigenvalue weighted by Gasteiger charge is -2.11. The van der Waals surface area contributed by atoms with Gasteiger partial charge in [-0.1, -0.05) is 12.1 Å². The predicted octanol–water partition coefficient (Wildman–Crippen LogP) is 1.23. The molecule has 1 aromatic rings. The highest BCUT2D eigenvalue weighted by molar-refractivity contribution is 7.92. The number of hydrogen-bond donors (Lipinski definition) is 2. The van der Waals surface area contributed by atoms with E-state index in [2.05, 4.69) is 4.72 Å². The van der Waals surface area contributed by atoms with E-state index < -0.39 is 10.0 Å². The first-order valence-corrected chi connectivity index (χ1v) is 7.43. The topological polar surface area (TPSA) is 81.4 Å². The summed E-state index contributed by atoms with van der Waals surface area (Å²) in [5.41, 5.74) is 7.91. The summed E-state index contributed by atoms with van der Waals surface area (Å²) >= 11 is 0. The third-order valence-corrected chi connectivity index (χ3v) is 3.92. The summed E-state index contributed by atoms with van der Waals surface area (Å²) in [6.07, 6.45) is 0.474. The van der Waals surface area contributed by atoms with E-state index in [4.69, 9.17) is 10.5 Å². The Balaban J connectivity index is 2.76. The van der Waals surface area contributed by atoms with Crippen LogP contribution in [-0.4, -0.2) is 27.9 Å². The molecule has 0 saturated carbocycles. The van der Waals surface area contributed by atoms with E-state index in [-0.39, 0.29) is 5.75 Å². The van der Waals surface area contributed by atoms with E-state index in [0.717, 1.165) is 11.1 Å². The van der Waals surface area contributed by atoms with Crippen molar-refractivity contribution < 1.29 is 13.2 Å². The summed E-state index contributed by atoms with van der Waals surface area (Å²) in [6, 6.07) is 5.51. The molecule has 0 aromatic heterocycles. The van der Waals surface area contributed by atoms with Crippen molar-refractivity contribution in [2.45, 2.75) is 19.9 Å². The van der Waals surface area contributed by atoms with Crippen molar-refractivity contribution in [1.82, 2.24) is 0 Å². The first-order valence-electron chi connectivity index (χ1n) is 5.77. The molecule has 0 fully saturated rings. The van der Waals surface area contributed by atoms with Crippen molar-refractivity contribution in [1.29, 1.82) is 0 Å². The largest absolute Gasteiger partial charge is 0.385 e. The fourth-order valence-corrected chi connectivity index (χ4v) is 2.67. The van der Waals surface area contributed by atoms with Gasteiger partial charge in [-0.25, -0.2) is 8.42 Å². The molecule has 0 aliphatic carbocycles. The van der Waals surface area contributed by atoms with Gasteiger partial charge in [0, 0.05) is 20.3 Å². The van der Waals surface area contributed by atoms with Crippen LogP contribution >= 0.6 is 0 Å². The van der Waals surface area contributed by atoms with Crippen LogP contribution in [-0.2, 0) is 21.3 Å². The van der Waals surface area contributed by atoms with Crippen LogP contribution in [0.25, 0.3) is 0 Å². The highest BCUT2D eigenvalue weighted by Crippen LogP contribution is 2.18. The molecular formula is C12H20N2O3S. The number of nitrogens with two attached hydrogens (primary N) is 1. The van der Waals surface area contributed by atoms with Crippen molar-refractivity contribution >= 4 is 15.7 Å². The van der Waals surface area contributed by atoms with Crippen molar-refractivity contribution in [3.8, 4) is 0 Å². The molecular weight excluding hydrogens is 252 g/mol. The summed E-state index contributed by atoms with van der Waals surface area (Å²) in [5, 5.41) is 0. The van der Waals surface area contributed by atoms with E-state index in [9.17, 15) is 8.42 Å². The van der Waals surface area contributed by atoms with Crippen LogP contribution < -0.4 is 10.5 Å². The number of nitrogens with one attached hydrogen (secondary N) is 1. The first kappa shape index (κ1) is 14.9. The Labute approximate surface area is 108 Å². The van der Waals surface area contributed by atoms with E-state index >= 15 is 0 Å². The fourth-order valence-electron chi connectivity index (χ4n) is 1.52. The van der Waals surface area contributed by atoms with Crippen LogP contribution in [0.4, 0.5) is 5.69 Å². The lowest BCUT2D eigenvalue weighted by Crippen LogP contribution is -2.18. The number of sulfonamides is 1. The Hall–Kier alpha value is -1.11. The van der Waals surface area contributed by atoms with E-state index in [1.165, 1.54) is 0 Å². The van der Waals surface area contributed by atoms with Gasteiger partial charge in [0.05, 0.1) is 11.4 Å². The molecule has 0 saturated heterocycles. The summed E-state index contributed by atoms with van der Waals surface area (Å²) in [5.74, 6) is 0.0487. The van der Waals surface area contributed by atoms with Crippen LogP contribution in [0.2, 0.25) is 0 Å². The fraction of sp³-hybridized carbons (Fsp3) is 0.500. The monoisotopic (exact) mass is 272 g/mol. The number of hydrogen-bond acceptors (Lipinski definition) is 4. The van der Waals surface area contributed by atoms with Crippen molar-refractivity contribution in [2.75, 3.05) is 24.2 Å². The molecule has 102 valence electrons. The number of benzene rings is 1. The second-order valence-electron chi connectivity index (χ2n) is 4.12. The molecule has 0 unspecified atom stereocenters. The second kappa shape index (κ2) is 6.72. The molecule has 6 heteroatoms. The maximum absolute atomic E-state index is 11.8. The number of rotatable bonds is 7. The third kappa shape index (κ3) is 4.64. The Morgan fingerprint density at radius 1 is 1.39 bits per heavy atom. The molecule has 0 bridgehead atoms. The number of anilines is 1. The summed E-state index contributed by atoms with van der Waals surface area (Å²) in [6.45, 7) is 2.68. The van der Waals surface area contributed by atoms with Crippen LogP contribution in [0.1, 0.15) is 17.5 Å². The molecule has 0 spiro atoms. The minimum atomic E-state index is -3.33. The Kier molecular flexibility index (Phi) is 5.58. The van der Waals surface area contributed by atoms with Crippen molar-refractivity contribution in [3.05, 3.63) is 29.3 Å². The van der Waals surface area contributed by atoms with E-state index in [1.54, 1.807) is 13.2 Å². The maximum Gasteiger partial charge on any atom is 0.232 e. The highest BCUT2D eigenvalue weighted by Gasteiger charge is 2.11. The molecule has 1 rings (SSSR count). The summed E-state index contributed by atoms with van der Waals surface area (Å²) in [7, 11) is -1.77. The molecule has 5 nitrogen and oxygen atoms in total. The number of ether oxygens (including phenoxy) is 1. The predicted molar refractivity (Wildman–Crippen MR) is 73.0 cm³/mol. The van der Waals surface area contributed by atoms with Gasteiger partial charge in [-0.3, -0.25) is 4.72 Å². The van der Waals surface area contributed by atoms with Gasteiger partial charge in [0.25, 0.3) is 0 Å². The molecule has 0 atom stereocenters. The summed E-state index contributed by atoms with van der Waals surface area (Å²) in [4.78, 5) is 0. The smallest absolute Gasteiger partial charge is 0.232 e. The van der Waals surface area contributed by atoms with Crippen LogP contribution in [0.5, 0.6) is 0 Å². The molecule has 1 aromatic carbocycles. The van der Waals surface area contributed by atoms with Gasteiger partial charge in [0.1, 0.15) is 0 Å². The molecule has 18 heavy (non-hydrogen) atoms. The molecule has 0 heterocycles. The van der Waals surface area contributed by atoms with Gasteiger partial charge in [0.15, 0.2) is 0 Å². The van der Waals surface area contributed by atoms with Gasteiger partial charge in [0.2, 0.25) is 10.0 Å². The zero-order valence-electron chi connectivity index (χ0n) is 10.8. The van der Waals surface area contributed by atoms with Crippen molar-refractivity contribution in [3.63, 3.8) is 0 Å². The van der Waals surface area contributed by atoms with Crippen LogP contribution in [0.3, 0.4) is 0 Å². The zero-order valence-corrected chi connectivity index (χ0v) is 11.6. The molecule has 0 radical (unpaired) electrons. The SMILES string of the molecule is COCCCS(=O)(=O)Nc1cc(CN)ccc1C. The van der Waals surface area contributed by atoms with Crippen LogP contribution in [0.15, 0.2) is 18.2 Å². The lowest BCUT2D eigenvalue weighted by molar-refractivity contribution is 0.199. The van der Waals surface area contributed by atoms with E-state index in [1.807, 2.05) is 19.1 Å². The zero-order chi connectivity index (χ0) is 13.6. The lowest BCUT2D eigenvalue weighted by atomic mass is 10.1. The maximum atomic E-state index is 11.8. The number of methoxy groups -OCH3 is 1. The molecule has 0 aliphatic heterocycles. The average molecular weight is 272 g/mol.